The highest BCUT2D eigenvalue weighted by atomic mass is 32.1. The zero-order valence-corrected chi connectivity index (χ0v) is 30.9. The topological polar surface area (TPSA) is 104 Å². The molecule has 1 atom stereocenters. The largest absolute Gasteiger partial charge is 0.381 e. The maximum atomic E-state index is 14.2. The van der Waals surface area contributed by atoms with Crippen molar-refractivity contribution in [3.05, 3.63) is 117 Å². The van der Waals surface area contributed by atoms with Gasteiger partial charge in [-0.15, -0.1) is 11.3 Å². The Labute approximate surface area is 309 Å². The quantitative estimate of drug-likeness (QED) is 0.158. The Hall–Kier alpha value is -4.41. The van der Waals surface area contributed by atoms with Crippen LogP contribution in [0, 0.1) is 12.3 Å². The van der Waals surface area contributed by atoms with Gasteiger partial charge in [0.2, 0.25) is 0 Å². The summed E-state index contributed by atoms with van der Waals surface area (Å²) < 4.78 is 5.63. The molecule has 2 amide bonds. The summed E-state index contributed by atoms with van der Waals surface area (Å²) in [4.78, 5) is 36.5. The van der Waals surface area contributed by atoms with Crippen LogP contribution in [-0.2, 0) is 10.5 Å². The number of nitrogens with one attached hydrogen (secondary N) is 2. The molecule has 2 aliphatic carbocycles. The van der Waals surface area contributed by atoms with Crippen LogP contribution in [0.1, 0.15) is 106 Å². The minimum absolute atomic E-state index is 0.0943. The predicted octanol–water partition coefficient (Wildman–Crippen LogP) is 8.58. The van der Waals surface area contributed by atoms with Gasteiger partial charge in [-0.1, -0.05) is 24.3 Å². The van der Waals surface area contributed by atoms with Crippen molar-refractivity contribution < 1.29 is 19.4 Å². The number of allylic oxidation sites excluding steroid dienone is 3. The van der Waals surface area contributed by atoms with Crippen molar-refractivity contribution in [1.29, 1.82) is 0 Å². The first-order valence-electron chi connectivity index (χ1n) is 18.5. The Kier molecular flexibility index (Phi) is 9.24. The summed E-state index contributed by atoms with van der Waals surface area (Å²) in [5.74, 6) is -0.306. The van der Waals surface area contributed by atoms with Crippen LogP contribution >= 0.6 is 11.3 Å². The Morgan fingerprint density at radius 1 is 1.04 bits per heavy atom. The lowest BCUT2D eigenvalue weighted by molar-refractivity contribution is 0.0213. The van der Waals surface area contributed by atoms with Crippen LogP contribution in [0.25, 0.3) is 16.7 Å². The van der Waals surface area contributed by atoms with Crippen molar-refractivity contribution in [2.45, 2.75) is 77.5 Å². The van der Waals surface area contributed by atoms with Crippen molar-refractivity contribution in [2.75, 3.05) is 30.0 Å². The van der Waals surface area contributed by atoms with Crippen LogP contribution in [0.5, 0.6) is 0 Å². The molecule has 2 aromatic heterocycles. The molecule has 268 valence electrons. The molecule has 2 fully saturated rings. The second-order valence-electron chi connectivity index (χ2n) is 15.1. The van der Waals surface area contributed by atoms with Crippen LogP contribution in [0.3, 0.4) is 0 Å². The number of anilines is 2. The van der Waals surface area contributed by atoms with Gasteiger partial charge in [0.05, 0.1) is 21.8 Å². The van der Waals surface area contributed by atoms with Gasteiger partial charge in [-0.2, -0.15) is 0 Å². The Morgan fingerprint density at radius 3 is 2.58 bits per heavy atom. The van der Waals surface area contributed by atoms with E-state index in [0.717, 1.165) is 95.1 Å². The lowest BCUT2D eigenvalue weighted by Gasteiger charge is -2.33. The first-order valence-corrected chi connectivity index (χ1v) is 19.3. The van der Waals surface area contributed by atoms with Crippen LogP contribution in [0.15, 0.2) is 79.0 Å². The smallest absolute Gasteiger partial charge is 0.258 e. The zero-order valence-electron chi connectivity index (χ0n) is 30.1. The Morgan fingerprint density at radius 2 is 1.81 bits per heavy atom. The highest BCUT2D eigenvalue weighted by molar-refractivity contribution is 7.13. The number of carbonyl (C=O) groups is 2. The van der Waals surface area contributed by atoms with Gasteiger partial charge in [0, 0.05) is 53.7 Å². The van der Waals surface area contributed by atoms with Gasteiger partial charge in [0.1, 0.15) is 5.72 Å². The number of hydrogen-bond acceptors (Lipinski definition) is 7. The number of para-hydroxylation sites is 1. The average molecular weight is 715 g/mol. The molecule has 4 heterocycles. The number of benzene rings is 2. The molecule has 1 saturated carbocycles. The van der Waals surface area contributed by atoms with E-state index in [-0.39, 0.29) is 17.2 Å². The van der Waals surface area contributed by atoms with Gasteiger partial charge in [-0.3, -0.25) is 19.9 Å². The van der Waals surface area contributed by atoms with E-state index in [9.17, 15) is 14.7 Å². The summed E-state index contributed by atoms with van der Waals surface area (Å²) in [6.07, 6.45) is 10.9. The summed E-state index contributed by atoms with van der Waals surface area (Å²) in [6.45, 7) is 7.99. The van der Waals surface area contributed by atoms with E-state index in [0.29, 0.717) is 35.8 Å². The number of aryl methyl sites for hydroxylation is 1. The number of thiophene rings is 1. The van der Waals surface area contributed by atoms with E-state index in [1.807, 2.05) is 55.3 Å². The highest BCUT2D eigenvalue weighted by Crippen LogP contribution is 2.48. The lowest BCUT2D eigenvalue weighted by atomic mass is 9.77. The summed E-state index contributed by atoms with van der Waals surface area (Å²) >= 11 is 1.61. The third-order valence-electron chi connectivity index (χ3n) is 11.2. The molecule has 2 aliphatic heterocycles. The summed E-state index contributed by atoms with van der Waals surface area (Å²) in [5, 5.41) is 17.6. The van der Waals surface area contributed by atoms with Crippen LogP contribution in [0.2, 0.25) is 0 Å². The van der Waals surface area contributed by atoms with E-state index in [1.54, 1.807) is 35.6 Å². The van der Waals surface area contributed by atoms with E-state index >= 15 is 0 Å². The van der Waals surface area contributed by atoms with Gasteiger partial charge in [-0.05, 0) is 142 Å². The van der Waals surface area contributed by atoms with E-state index in [1.165, 1.54) is 5.57 Å². The number of hydrogen-bond donors (Lipinski definition) is 3. The fourth-order valence-electron chi connectivity index (χ4n) is 8.00. The van der Waals surface area contributed by atoms with Crippen molar-refractivity contribution in [2.24, 2.45) is 5.41 Å². The molecule has 3 N–H and O–H groups in total. The second-order valence-corrected chi connectivity index (χ2v) is 16.2. The van der Waals surface area contributed by atoms with E-state index in [2.05, 4.69) is 35.8 Å². The number of pyridine rings is 1. The average Bonchev–Trinajstić information content (AvgIpc) is 3.68. The van der Waals surface area contributed by atoms with Crippen molar-refractivity contribution >= 4 is 51.2 Å². The molecule has 1 spiro atoms. The maximum Gasteiger partial charge on any atom is 0.258 e. The van der Waals surface area contributed by atoms with Crippen molar-refractivity contribution in [1.82, 2.24) is 10.3 Å². The maximum absolute atomic E-state index is 14.2. The van der Waals surface area contributed by atoms with Crippen LogP contribution in [-0.4, -0.2) is 47.7 Å². The number of carbonyl (C=O) groups excluding carboxylic acids is 2. The van der Waals surface area contributed by atoms with Gasteiger partial charge < -0.3 is 20.1 Å². The molecule has 1 saturated heterocycles. The van der Waals surface area contributed by atoms with Gasteiger partial charge in [-0.25, -0.2) is 0 Å². The fourth-order valence-corrected chi connectivity index (χ4v) is 9.14. The second kappa shape index (κ2) is 13.9. The van der Waals surface area contributed by atoms with Gasteiger partial charge in [0.25, 0.3) is 11.8 Å². The number of nitrogens with zero attached hydrogens (tertiary/aromatic N) is 2. The summed E-state index contributed by atoms with van der Waals surface area (Å²) in [6, 6.07) is 21.6. The normalized spacial score (nSPS) is 19.5. The lowest BCUT2D eigenvalue weighted by Crippen LogP contribution is -2.39. The number of aliphatic hydroxyl groups is 1. The number of aromatic nitrogens is 1. The van der Waals surface area contributed by atoms with Crippen LogP contribution < -0.4 is 15.5 Å². The number of fused-ring (bicyclic) bond motifs is 1. The molecule has 0 radical (unpaired) electrons. The number of amides is 2. The Balaban J connectivity index is 0.984. The molecule has 2 aromatic carbocycles. The SMILES string of the molecule is CC1=C(c2ccc(C(C)(O)NC3CC3)s2)CCN(C(=O)c2ccc(NC(=O)c3cc(C)cnc3C3=CCC4(CCOCC4)C3)cc2)c2ccccc21. The first kappa shape index (κ1) is 34.7. The molecule has 4 aromatic rings. The minimum Gasteiger partial charge on any atom is -0.381 e. The molecular formula is C43H46N4O4S. The molecule has 1 unspecified atom stereocenters. The summed E-state index contributed by atoms with van der Waals surface area (Å²) in [5.41, 5.74) is 7.89. The number of ether oxygens (including phenoxy) is 1. The third-order valence-corrected chi connectivity index (χ3v) is 12.5. The fraction of sp³-hybridized carbons (Fsp3) is 0.372. The first-order chi connectivity index (χ1) is 25.1. The minimum atomic E-state index is -1.07. The molecule has 8 rings (SSSR count). The molecule has 9 heteroatoms. The van der Waals surface area contributed by atoms with Gasteiger partial charge >= 0.3 is 0 Å². The highest BCUT2D eigenvalue weighted by Gasteiger charge is 2.38. The molecule has 0 bridgehead atoms. The third kappa shape index (κ3) is 6.90. The van der Waals surface area contributed by atoms with E-state index < -0.39 is 5.72 Å². The monoisotopic (exact) mass is 714 g/mol. The summed E-state index contributed by atoms with van der Waals surface area (Å²) in [7, 11) is 0. The molecular weight excluding hydrogens is 669 g/mol. The van der Waals surface area contributed by atoms with Crippen molar-refractivity contribution in [3.63, 3.8) is 0 Å². The van der Waals surface area contributed by atoms with Gasteiger partial charge in [0.15, 0.2) is 0 Å². The number of rotatable bonds is 8. The zero-order chi connectivity index (χ0) is 36.0. The molecule has 8 nitrogen and oxygen atoms in total. The van der Waals surface area contributed by atoms with E-state index in [4.69, 9.17) is 9.72 Å². The Bertz CT molecular complexity index is 2090. The predicted molar refractivity (Wildman–Crippen MR) is 208 cm³/mol. The van der Waals surface area contributed by atoms with Crippen LogP contribution in [0.4, 0.5) is 11.4 Å². The standard InChI is InChI=1S/C43H46N4O4S/c1-27-24-35(39(44-26-27)30-16-18-43(25-30)19-22-51-23-20-43)40(48)45-31-10-8-29(9-11-31)41(49)47-21-17-34(28(2)33-6-4-5-7-36(33)47)37-14-15-38(52-37)42(3,50)46-32-12-13-32/h4-11,14-16,24,26,32,46,50H,12-13,17-23,25H2,1-3H3,(H,45,48). The molecule has 52 heavy (non-hydrogen) atoms. The van der Waals surface area contributed by atoms with Crippen molar-refractivity contribution in [3.8, 4) is 0 Å². The molecule has 4 aliphatic rings.